The summed E-state index contributed by atoms with van der Waals surface area (Å²) < 4.78 is 67.9. The number of ether oxygens (including phenoxy) is 1. The van der Waals surface area contributed by atoms with E-state index in [2.05, 4.69) is 5.16 Å². The maximum Gasteiger partial charge on any atom is 0.516 e. The summed E-state index contributed by atoms with van der Waals surface area (Å²) in [6.07, 6.45) is 0. The Morgan fingerprint density at radius 1 is 1.14 bits per heavy atom. The van der Waals surface area contributed by atoms with Gasteiger partial charge in [-0.2, -0.15) is 21.6 Å². The molecule has 2 rings (SSSR count). The summed E-state index contributed by atoms with van der Waals surface area (Å²) in [6.45, 7) is 0.311. The van der Waals surface area contributed by atoms with Crippen molar-refractivity contribution in [2.45, 2.75) is 5.51 Å². The molecule has 0 aliphatic carbocycles. The molecule has 0 aliphatic rings. The van der Waals surface area contributed by atoms with E-state index in [9.17, 15) is 21.6 Å². The van der Waals surface area contributed by atoms with E-state index in [1.807, 2.05) is 0 Å². The predicted octanol–water partition coefficient (Wildman–Crippen LogP) is 4.02. The third kappa shape index (κ3) is 5.60. The van der Waals surface area contributed by atoms with Crippen LogP contribution in [0.25, 0.3) is 0 Å². The molecule has 2 aromatic rings. The fraction of sp³-hybridized carbons (Fsp3) is 0.235. The van der Waals surface area contributed by atoms with Crippen LogP contribution in [0.5, 0.6) is 0 Å². The minimum Gasteiger partial charge on any atom is -0.393 e. The van der Waals surface area contributed by atoms with Gasteiger partial charge in [-0.3, -0.25) is 4.72 Å². The van der Waals surface area contributed by atoms with Crippen molar-refractivity contribution in [1.82, 2.24) is 0 Å². The molecule has 0 heterocycles. The molecule has 0 atom stereocenters. The van der Waals surface area contributed by atoms with Gasteiger partial charge in [-0.25, -0.2) is 0 Å². The number of methoxy groups -OCH3 is 1. The van der Waals surface area contributed by atoms with E-state index < -0.39 is 15.5 Å². The predicted molar refractivity (Wildman–Crippen MR) is 100.0 cm³/mol. The fourth-order valence-electron chi connectivity index (χ4n) is 2.09. The number of benzene rings is 2. The first kappa shape index (κ1) is 22.0. The van der Waals surface area contributed by atoms with Crippen LogP contribution in [0.1, 0.15) is 11.1 Å². The molecule has 0 unspecified atom stereocenters. The van der Waals surface area contributed by atoms with Gasteiger partial charge in [0.15, 0.2) is 0 Å². The summed E-state index contributed by atoms with van der Waals surface area (Å²) in [4.78, 5) is 5.16. The average molecular weight is 437 g/mol. The number of hydrogen-bond donors (Lipinski definition) is 1. The minimum absolute atomic E-state index is 0.0175. The molecule has 0 bridgehead atoms. The van der Waals surface area contributed by atoms with Gasteiger partial charge in [-0.05, 0) is 18.2 Å². The number of oxime groups is 1. The van der Waals surface area contributed by atoms with Crippen LogP contribution in [0.15, 0.2) is 53.7 Å². The summed E-state index contributed by atoms with van der Waals surface area (Å²) >= 11 is 5.98. The van der Waals surface area contributed by atoms with Crippen molar-refractivity contribution in [3.05, 3.63) is 64.7 Å². The lowest BCUT2D eigenvalue weighted by molar-refractivity contribution is -0.0429. The summed E-state index contributed by atoms with van der Waals surface area (Å²) in [5, 5.41) is 4.13. The summed E-state index contributed by atoms with van der Waals surface area (Å²) in [5.41, 5.74) is -5.24. The van der Waals surface area contributed by atoms with Crippen molar-refractivity contribution < 1.29 is 31.2 Å². The second kappa shape index (κ2) is 9.26. The number of alkyl halides is 3. The van der Waals surface area contributed by atoms with Crippen LogP contribution in [-0.2, 0) is 19.6 Å². The Balaban J connectivity index is 2.55. The van der Waals surface area contributed by atoms with Crippen molar-refractivity contribution in [1.29, 1.82) is 0 Å². The molecule has 0 fully saturated rings. The maximum atomic E-state index is 12.8. The van der Waals surface area contributed by atoms with Crippen LogP contribution in [0.3, 0.4) is 0 Å². The van der Waals surface area contributed by atoms with Gasteiger partial charge in [0.25, 0.3) is 0 Å². The zero-order chi connectivity index (χ0) is 20.8. The van der Waals surface area contributed by atoms with Gasteiger partial charge in [0.2, 0.25) is 0 Å². The van der Waals surface area contributed by atoms with Crippen LogP contribution < -0.4 is 4.72 Å². The van der Waals surface area contributed by atoms with E-state index in [1.165, 1.54) is 24.0 Å². The highest BCUT2D eigenvalue weighted by atomic mass is 35.5. The first-order chi connectivity index (χ1) is 13.2. The van der Waals surface area contributed by atoms with Crippen molar-refractivity contribution in [2.24, 2.45) is 5.16 Å². The third-order valence-electron chi connectivity index (χ3n) is 3.37. The Labute approximate surface area is 165 Å². The molecule has 0 aliphatic heterocycles. The van der Waals surface area contributed by atoms with Crippen molar-refractivity contribution in [3.63, 3.8) is 0 Å². The molecule has 11 heteroatoms. The average Bonchev–Trinajstić information content (AvgIpc) is 2.63. The number of anilines is 1. The molecule has 0 radical (unpaired) electrons. The molecular formula is C17H16ClF3N2O4S. The van der Waals surface area contributed by atoms with E-state index in [0.717, 1.165) is 6.07 Å². The molecule has 1 N–H and O–H groups in total. The van der Waals surface area contributed by atoms with Crippen LogP contribution >= 0.6 is 11.6 Å². The largest absolute Gasteiger partial charge is 0.516 e. The molecule has 0 amide bonds. The van der Waals surface area contributed by atoms with Gasteiger partial charge in [-0.1, -0.05) is 47.1 Å². The lowest BCUT2D eigenvalue weighted by atomic mass is 10.0. The third-order valence-corrected chi connectivity index (χ3v) is 4.70. The second-order valence-corrected chi connectivity index (χ2v) is 7.48. The highest BCUT2D eigenvalue weighted by molar-refractivity contribution is 7.93. The molecule has 28 heavy (non-hydrogen) atoms. The minimum atomic E-state index is -5.64. The van der Waals surface area contributed by atoms with Crippen LogP contribution in [-0.4, -0.2) is 40.0 Å². The second-order valence-electron chi connectivity index (χ2n) is 5.37. The molecule has 0 spiro atoms. The summed E-state index contributed by atoms with van der Waals surface area (Å²) in [6, 6.07) is 12.1. The van der Waals surface area contributed by atoms with E-state index in [0.29, 0.717) is 5.56 Å². The molecule has 152 valence electrons. The van der Waals surface area contributed by atoms with Gasteiger partial charge in [0.1, 0.15) is 12.3 Å². The zero-order valence-electron chi connectivity index (χ0n) is 14.5. The smallest absolute Gasteiger partial charge is 0.393 e. The topological polar surface area (TPSA) is 77.0 Å². The van der Waals surface area contributed by atoms with Gasteiger partial charge in [0, 0.05) is 23.3 Å². The first-order valence-electron chi connectivity index (χ1n) is 7.79. The number of nitrogens with one attached hydrogen (secondary N) is 1. The van der Waals surface area contributed by atoms with Crippen molar-refractivity contribution >= 4 is 33.0 Å². The Hall–Kier alpha value is -2.30. The quantitative estimate of drug-likeness (QED) is 0.385. The molecule has 0 saturated carbocycles. The Morgan fingerprint density at radius 2 is 1.82 bits per heavy atom. The first-order valence-corrected chi connectivity index (χ1v) is 9.65. The summed E-state index contributed by atoms with van der Waals surface area (Å²) in [7, 11) is -4.18. The Kier molecular flexibility index (Phi) is 7.28. The highest BCUT2D eigenvalue weighted by Crippen LogP contribution is 2.30. The van der Waals surface area contributed by atoms with Gasteiger partial charge in [0.05, 0.1) is 12.3 Å². The van der Waals surface area contributed by atoms with Gasteiger partial charge >= 0.3 is 15.5 Å². The SMILES string of the molecule is COCCO/N=C(\c1ccccc1)c1cc(Cl)ccc1NS(=O)(=O)C(F)(F)F. The van der Waals surface area contributed by atoms with E-state index >= 15 is 0 Å². The lowest BCUT2D eigenvalue weighted by Crippen LogP contribution is -2.30. The number of rotatable bonds is 8. The number of nitrogens with zero attached hydrogens (tertiary/aromatic N) is 1. The maximum absolute atomic E-state index is 12.8. The molecule has 0 saturated heterocycles. The molecule has 6 nitrogen and oxygen atoms in total. The van der Waals surface area contributed by atoms with Crippen LogP contribution in [0.4, 0.5) is 18.9 Å². The summed E-state index contributed by atoms with van der Waals surface area (Å²) in [5.74, 6) is 0. The molecular weight excluding hydrogens is 421 g/mol. The normalized spacial score (nSPS) is 12.7. The number of halogens is 4. The van der Waals surface area contributed by atoms with Gasteiger partial charge < -0.3 is 9.57 Å². The van der Waals surface area contributed by atoms with Crippen LogP contribution in [0, 0.1) is 0 Å². The van der Waals surface area contributed by atoms with E-state index in [-0.39, 0.29) is 35.2 Å². The monoisotopic (exact) mass is 436 g/mol. The Morgan fingerprint density at radius 3 is 2.43 bits per heavy atom. The van der Waals surface area contributed by atoms with Crippen molar-refractivity contribution in [3.8, 4) is 0 Å². The zero-order valence-corrected chi connectivity index (χ0v) is 16.1. The standard InChI is InChI=1S/C17H16ClF3N2O4S/c1-26-9-10-27-22-16(12-5-3-2-4-6-12)14-11-13(18)7-8-15(14)23-28(24,25)17(19,20)21/h2-8,11,23H,9-10H2,1H3/b22-16+. The number of hydrogen-bond acceptors (Lipinski definition) is 5. The fourth-order valence-corrected chi connectivity index (χ4v) is 2.84. The van der Waals surface area contributed by atoms with E-state index in [1.54, 1.807) is 30.3 Å². The number of sulfonamides is 1. The lowest BCUT2D eigenvalue weighted by Gasteiger charge is -2.16. The Bertz CT molecular complexity index is 935. The highest BCUT2D eigenvalue weighted by Gasteiger charge is 2.46. The van der Waals surface area contributed by atoms with Gasteiger partial charge in [-0.15, -0.1) is 0 Å². The van der Waals surface area contributed by atoms with E-state index in [4.69, 9.17) is 21.2 Å². The van der Waals surface area contributed by atoms with Crippen LogP contribution in [0.2, 0.25) is 5.02 Å². The molecule has 0 aromatic heterocycles. The van der Waals surface area contributed by atoms with Crippen molar-refractivity contribution in [2.75, 3.05) is 25.0 Å². The molecule has 2 aromatic carbocycles.